The van der Waals surface area contributed by atoms with E-state index < -0.39 is 88.8 Å². The minimum Gasteiger partial charge on any atom is -0.464 e. The summed E-state index contributed by atoms with van der Waals surface area (Å²) in [6.45, 7) is 26.1. The van der Waals surface area contributed by atoms with Crippen molar-refractivity contribution in [3.8, 4) is 0 Å². The summed E-state index contributed by atoms with van der Waals surface area (Å²) in [5.41, 5.74) is -1.15. The number of rotatable bonds is 17. The van der Waals surface area contributed by atoms with Crippen LogP contribution in [-0.4, -0.2) is 88.6 Å². The van der Waals surface area contributed by atoms with Crippen molar-refractivity contribution in [2.75, 3.05) is 7.11 Å². The predicted octanol–water partition coefficient (Wildman–Crippen LogP) is 8.51. The zero-order valence-electron chi connectivity index (χ0n) is 42.6. The smallest absolute Gasteiger partial charge is 0.419 e. The van der Waals surface area contributed by atoms with Gasteiger partial charge in [0.05, 0.1) is 12.6 Å². The summed E-state index contributed by atoms with van der Waals surface area (Å²) in [6, 6.07) is 10.6. The van der Waals surface area contributed by atoms with Crippen LogP contribution in [0.15, 0.2) is 60.4 Å². The molecular weight excluding hydrogens is 875 g/mol. The van der Waals surface area contributed by atoms with E-state index in [1.54, 1.807) is 119 Å². The van der Waals surface area contributed by atoms with Crippen LogP contribution < -0.4 is 21.3 Å². The Morgan fingerprint density at radius 3 is 1.79 bits per heavy atom. The van der Waals surface area contributed by atoms with E-state index >= 15 is 0 Å². The molecule has 4 amide bonds. The van der Waals surface area contributed by atoms with Crippen molar-refractivity contribution in [2.45, 2.75) is 158 Å². The molecule has 3 rings (SSSR count). The number of nitrogens with one attached hydrogen (secondary N) is 4. The number of carbonyl (C=O) groups is 7. The summed E-state index contributed by atoms with van der Waals surface area (Å²) in [5.74, 6) is -4.93. The van der Waals surface area contributed by atoms with Gasteiger partial charge in [0.25, 0.3) is 0 Å². The van der Waals surface area contributed by atoms with Gasteiger partial charge in [0.1, 0.15) is 47.2 Å². The number of benzene rings is 2. The summed E-state index contributed by atoms with van der Waals surface area (Å²) < 4.78 is 28.8. The fourth-order valence-corrected chi connectivity index (χ4v) is 7.10. The molecular formula is C51H73N5O12. The first-order valence-electron chi connectivity index (χ1n) is 22.9. The molecule has 374 valence electrons. The Morgan fingerprint density at radius 1 is 0.676 bits per heavy atom. The van der Waals surface area contributed by atoms with Crippen molar-refractivity contribution in [3.05, 3.63) is 77.1 Å². The Balaban J connectivity index is 2.26. The van der Waals surface area contributed by atoms with E-state index in [0.717, 1.165) is 12.7 Å². The molecule has 0 saturated heterocycles. The summed E-state index contributed by atoms with van der Waals surface area (Å²) in [5, 5.41) is 11.2. The number of methoxy groups -OCH3 is 1. The third-order valence-electron chi connectivity index (χ3n) is 10.4. The molecule has 0 spiro atoms. The van der Waals surface area contributed by atoms with Gasteiger partial charge < -0.3 is 45.0 Å². The molecule has 0 aliphatic carbocycles. The van der Waals surface area contributed by atoms with Gasteiger partial charge in [-0.1, -0.05) is 90.4 Å². The minimum atomic E-state index is -1.33. The molecule has 0 bridgehead atoms. The van der Waals surface area contributed by atoms with Crippen molar-refractivity contribution in [1.82, 2.24) is 25.8 Å². The van der Waals surface area contributed by atoms with E-state index in [1.165, 1.54) is 16.8 Å². The largest absolute Gasteiger partial charge is 0.464 e. The van der Waals surface area contributed by atoms with E-state index in [4.69, 9.17) is 23.7 Å². The zero-order valence-corrected chi connectivity index (χ0v) is 42.6. The second-order valence-corrected chi connectivity index (χ2v) is 20.5. The van der Waals surface area contributed by atoms with Crippen LogP contribution in [0.2, 0.25) is 0 Å². The SMILES string of the molecule is CC[C@H](C)[C@H](NC(=O)[C@@H](NC(=O)OCc1ccccc1)[C@@H](c1ccc2c(/C=C(\NC(=O)[C@@H](NC(=O)OC(C)(C)C)C(C)C)C(=O)OC)cn(C(=O)OC(C)(C)C)c2c1)C(C)C)C(=O)OC(C)(C)C. The van der Waals surface area contributed by atoms with Crippen LogP contribution in [0.25, 0.3) is 17.0 Å². The molecule has 4 N–H and O–H groups in total. The topological polar surface area (TPSA) is 219 Å². The second kappa shape index (κ2) is 23.6. The maximum absolute atomic E-state index is 14.7. The maximum atomic E-state index is 14.7. The van der Waals surface area contributed by atoms with Gasteiger partial charge in [0, 0.05) is 23.1 Å². The van der Waals surface area contributed by atoms with Crippen LogP contribution in [0, 0.1) is 17.8 Å². The molecule has 0 aliphatic heterocycles. The van der Waals surface area contributed by atoms with Crippen LogP contribution in [-0.2, 0) is 49.5 Å². The summed E-state index contributed by atoms with van der Waals surface area (Å²) in [4.78, 5) is 95.7. The van der Waals surface area contributed by atoms with Gasteiger partial charge in [-0.25, -0.2) is 24.0 Å². The lowest BCUT2D eigenvalue weighted by Gasteiger charge is -2.33. The quantitative estimate of drug-likeness (QED) is 0.0569. The Morgan fingerprint density at radius 2 is 1.26 bits per heavy atom. The van der Waals surface area contributed by atoms with Crippen molar-refractivity contribution in [3.63, 3.8) is 0 Å². The van der Waals surface area contributed by atoms with Gasteiger partial charge in [-0.3, -0.25) is 14.2 Å². The highest BCUT2D eigenvalue weighted by molar-refractivity contribution is 6.03. The first-order chi connectivity index (χ1) is 31.4. The van der Waals surface area contributed by atoms with Crippen molar-refractivity contribution >= 4 is 59.0 Å². The Hall–Kier alpha value is -6.39. The van der Waals surface area contributed by atoms with Gasteiger partial charge in [-0.2, -0.15) is 0 Å². The molecule has 17 heteroatoms. The summed E-state index contributed by atoms with van der Waals surface area (Å²) >= 11 is 0. The number of hydrogen-bond acceptors (Lipinski definition) is 12. The van der Waals surface area contributed by atoms with Crippen LogP contribution >= 0.6 is 0 Å². The van der Waals surface area contributed by atoms with E-state index in [0.29, 0.717) is 17.4 Å². The van der Waals surface area contributed by atoms with Gasteiger partial charge in [-0.05, 0) is 103 Å². The number of nitrogens with zero attached hydrogens (tertiary/aromatic N) is 1. The van der Waals surface area contributed by atoms with Crippen molar-refractivity contribution in [1.29, 1.82) is 0 Å². The maximum Gasteiger partial charge on any atom is 0.419 e. The standard InChI is InChI=1S/C51H73N5O12/c1-17-31(6)40(45(60)66-49(7,8)9)53-43(58)41(55-46(61)65-28-32-21-19-18-20-22-32)38(29(2)3)33-23-24-35-34(27-56(37(35)26-33)48(63)68-51(13,14)15)25-36(44(59)64-16)52-42(57)39(30(4)5)54-47(62)67-50(10,11)12/h18-27,29-31,38-41H,17,28H2,1-16H3,(H,52,57)(H,53,58)(H,54,62)(H,55,61)/b36-25-/t31-,38+,39-,40-,41-/m0/s1. The number of carbonyl (C=O) groups excluding carboxylic acids is 7. The Bertz CT molecular complexity index is 2300. The molecule has 5 atom stereocenters. The van der Waals surface area contributed by atoms with Crippen molar-refractivity contribution in [2.24, 2.45) is 17.8 Å². The lowest BCUT2D eigenvalue weighted by molar-refractivity contribution is -0.160. The van der Waals surface area contributed by atoms with Gasteiger partial charge >= 0.3 is 30.2 Å². The van der Waals surface area contributed by atoms with Crippen LogP contribution in [0.1, 0.15) is 133 Å². The molecule has 0 radical (unpaired) electrons. The number of alkyl carbamates (subject to hydrolysis) is 2. The van der Waals surface area contributed by atoms with Gasteiger partial charge in [-0.15, -0.1) is 0 Å². The lowest BCUT2D eigenvalue weighted by atomic mass is 9.81. The summed E-state index contributed by atoms with van der Waals surface area (Å²) in [7, 11) is 1.14. The molecule has 0 unspecified atom stereocenters. The number of aromatic nitrogens is 1. The van der Waals surface area contributed by atoms with Gasteiger partial charge in [0.2, 0.25) is 11.8 Å². The molecule has 0 fully saturated rings. The van der Waals surface area contributed by atoms with E-state index in [2.05, 4.69) is 21.3 Å². The molecule has 0 saturated carbocycles. The molecule has 17 nitrogen and oxygen atoms in total. The number of fused-ring (bicyclic) bond motifs is 1. The number of amides is 4. The van der Waals surface area contributed by atoms with E-state index in [-0.39, 0.29) is 35.2 Å². The highest BCUT2D eigenvalue weighted by atomic mass is 16.6. The van der Waals surface area contributed by atoms with Gasteiger partial charge in [0.15, 0.2) is 0 Å². The fourth-order valence-electron chi connectivity index (χ4n) is 7.10. The monoisotopic (exact) mass is 948 g/mol. The second-order valence-electron chi connectivity index (χ2n) is 20.5. The molecule has 2 aromatic carbocycles. The number of hydrogen-bond donors (Lipinski definition) is 4. The molecule has 3 aromatic rings. The van der Waals surface area contributed by atoms with E-state index in [9.17, 15) is 33.6 Å². The molecule has 1 aromatic heterocycles. The zero-order chi connectivity index (χ0) is 51.5. The third kappa shape index (κ3) is 16.7. The highest BCUT2D eigenvalue weighted by Crippen LogP contribution is 2.34. The summed E-state index contributed by atoms with van der Waals surface area (Å²) in [6.07, 6.45) is 0.790. The van der Waals surface area contributed by atoms with Crippen LogP contribution in [0.3, 0.4) is 0 Å². The minimum absolute atomic E-state index is 0.0845. The predicted molar refractivity (Wildman–Crippen MR) is 258 cm³/mol. The first kappa shape index (κ1) is 55.9. The van der Waals surface area contributed by atoms with Crippen LogP contribution in [0.5, 0.6) is 0 Å². The number of esters is 2. The fraction of sp³-hybridized carbons (Fsp3) is 0.549. The average Bonchev–Trinajstić information content (AvgIpc) is 3.58. The normalized spacial score (nSPS) is 14.5. The average molecular weight is 948 g/mol. The van der Waals surface area contributed by atoms with E-state index in [1.807, 2.05) is 33.8 Å². The first-order valence-corrected chi connectivity index (χ1v) is 22.9. The Kier molecular flexibility index (Phi) is 19.4. The van der Waals surface area contributed by atoms with Crippen LogP contribution in [0.4, 0.5) is 14.4 Å². The highest BCUT2D eigenvalue weighted by Gasteiger charge is 2.39. The molecule has 0 aliphatic rings. The van der Waals surface area contributed by atoms with Crippen molar-refractivity contribution < 1.29 is 57.2 Å². The molecule has 1 heterocycles. The Labute approximate surface area is 400 Å². The third-order valence-corrected chi connectivity index (χ3v) is 10.4. The lowest BCUT2D eigenvalue weighted by Crippen LogP contribution is -2.56. The number of ether oxygens (including phenoxy) is 5. The molecule has 68 heavy (non-hydrogen) atoms.